The van der Waals surface area contributed by atoms with Crippen LogP contribution in [0.25, 0.3) is 6.08 Å². The lowest BCUT2D eigenvalue weighted by Crippen LogP contribution is -2.40. The topological polar surface area (TPSA) is 29.5 Å². The maximum absolute atomic E-state index is 12.6. The Kier molecular flexibility index (Phi) is 3.77. The fourth-order valence-electron chi connectivity index (χ4n) is 3.10. The molecule has 1 aromatic carbocycles. The van der Waals surface area contributed by atoms with E-state index in [2.05, 4.69) is 0 Å². The summed E-state index contributed by atoms with van der Waals surface area (Å²) in [5.41, 5.74) is 1.76. The number of ether oxygens (including phenoxy) is 1. The monoisotopic (exact) mass is 271 g/mol. The van der Waals surface area contributed by atoms with Crippen LogP contribution in [0.3, 0.4) is 0 Å². The van der Waals surface area contributed by atoms with Crippen molar-refractivity contribution in [1.29, 1.82) is 0 Å². The van der Waals surface area contributed by atoms with E-state index < -0.39 is 0 Å². The van der Waals surface area contributed by atoms with Gasteiger partial charge >= 0.3 is 0 Å². The van der Waals surface area contributed by atoms with Crippen LogP contribution in [0.2, 0.25) is 0 Å². The van der Waals surface area contributed by atoms with E-state index in [1.54, 1.807) is 0 Å². The van der Waals surface area contributed by atoms with E-state index in [0.717, 1.165) is 29.7 Å². The van der Waals surface area contributed by atoms with Crippen LogP contribution in [-0.2, 0) is 4.79 Å². The highest BCUT2D eigenvalue weighted by atomic mass is 16.5. The molecule has 1 fully saturated rings. The normalized spacial score (nSPS) is 18.8. The minimum Gasteiger partial charge on any atom is -0.488 e. The van der Waals surface area contributed by atoms with Crippen molar-refractivity contribution in [1.82, 2.24) is 4.90 Å². The van der Waals surface area contributed by atoms with Gasteiger partial charge in [-0.3, -0.25) is 4.79 Å². The molecular formula is C17H21NO2. The number of nitrogens with zero attached hydrogens (tertiary/aromatic N) is 1. The molecule has 0 radical (unpaired) electrons. The number of rotatable bonds is 2. The molecule has 0 saturated heterocycles. The van der Waals surface area contributed by atoms with Crippen LogP contribution >= 0.6 is 0 Å². The second kappa shape index (κ2) is 5.70. The van der Waals surface area contributed by atoms with Crippen LogP contribution in [0, 0.1) is 0 Å². The van der Waals surface area contributed by atoms with E-state index >= 15 is 0 Å². The number of amides is 1. The molecule has 0 unspecified atom stereocenters. The fourth-order valence-corrected chi connectivity index (χ4v) is 3.10. The molecule has 1 amide bonds. The molecule has 3 rings (SSSR count). The number of hydrogen-bond donors (Lipinski definition) is 0. The van der Waals surface area contributed by atoms with Gasteiger partial charge in [0.25, 0.3) is 5.91 Å². The second-order valence-electron chi connectivity index (χ2n) is 5.70. The maximum atomic E-state index is 12.6. The van der Waals surface area contributed by atoms with E-state index in [1.807, 2.05) is 42.3 Å². The van der Waals surface area contributed by atoms with Gasteiger partial charge in [-0.15, -0.1) is 0 Å². The summed E-state index contributed by atoms with van der Waals surface area (Å²) in [7, 11) is 1.93. The van der Waals surface area contributed by atoms with Crippen molar-refractivity contribution in [3.05, 3.63) is 35.4 Å². The Morgan fingerprint density at radius 3 is 2.75 bits per heavy atom. The third kappa shape index (κ3) is 2.58. The summed E-state index contributed by atoms with van der Waals surface area (Å²) in [6.45, 7) is 0.382. The van der Waals surface area contributed by atoms with Gasteiger partial charge < -0.3 is 9.64 Å². The predicted molar refractivity (Wildman–Crippen MR) is 79.6 cm³/mol. The highest BCUT2D eigenvalue weighted by Crippen LogP contribution is 2.28. The van der Waals surface area contributed by atoms with Crippen LogP contribution < -0.4 is 4.74 Å². The first-order chi connectivity index (χ1) is 9.75. The average Bonchev–Trinajstić information content (AvgIpc) is 2.54. The molecule has 3 heteroatoms. The first kappa shape index (κ1) is 13.2. The second-order valence-corrected chi connectivity index (χ2v) is 5.70. The Bertz CT molecular complexity index is 530. The van der Waals surface area contributed by atoms with E-state index in [-0.39, 0.29) is 5.91 Å². The molecule has 0 spiro atoms. The molecule has 1 saturated carbocycles. The third-order valence-corrected chi connectivity index (χ3v) is 4.35. The average molecular weight is 271 g/mol. The molecule has 3 nitrogen and oxygen atoms in total. The Morgan fingerprint density at radius 1 is 1.20 bits per heavy atom. The molecule has 0 aromatic heterocycles. The fraction of sp³-hybridized carbons (Fsp3) is 0.471. The van der Waals surface area contributed by atoms with Crippen LogP contribution in [-0.4, -0.2) is 30.5 Å². The van der Waals surface area contributed by atoms with Gasteiger partial charge in [-0.05, 0) is 25.0 Å². The highest BCUT2D eigenvalue weighted by Gasteiger charge is 2.26. The number of para-hydroxylation sites is 1. The van der Waals surface area contributed by atoms with Gasteiger partial charge in [-0.1, -0.05) is 37.5 Å². The molecular weight excluding hydrogens is 250 g/mol. The molecule has 1 aromatic rings. The number of carbonyl (C=O) groups excluding carboxylic acids is 1. The Balaban J connectivity index is 1.76. The minimum absolute atomic E-state index is 0.117. The lowest BCUT2D eigenvalue weighted by atomic mass is 9.94. The van der Waals surface area contributed by atoms with Gasteiger partial charge in [0, 0.05) is 18.7 Å². The summed E-state index contributed by atoms with van der Waals surface area (Å²) in [6, 6.07) is 8.25. The largest absolute Gasteiger partial charge is 0.488 e. The van der Waals surface area contributed by atoms with E-state index in [9.17, 15) is 4.79 Å². The summed E-state index contributed by atoms with van der Waals surface area (Å²) in [5.74, 6) is 0.982. The van der Waals surface area contributed by atoms with Crippen molar-refractivity contribution < 1.29 is 9.53 Å². The molecule has 1 aliphatic heterocycles. The van der Waals surface area contributed by atoms with Crippen LogP contribution in [0.4, 0.5) is 0 Å². The van der Waals surface area contributed by atoms with Gasteiger partial charge in [0.2, 0.25) is 0 Å². The van der Waals surface area contributed by atoms with E-state index in [0.29, 0.717) is 12.6 Å². The summed E-state index contributed by atoms with van der Waals surface area (Å²) < 4.78 is 5.68. The van der Waals surface area contributed by atoms with Gasteiger partial charge in [0.15, 0.2) is 0 Å². The molecule has 2 aliphatic rings. The maximum Gasteiger partial charge on any atom is 0.253 e. The minimum atomic E-state index is 0.117. The van der Waals surface area contributed by atoms with Crippen LogP contribution in [0.1, 0.15) is 37.7 Å². The number of benzene rings is 1. The lowest BCUT2D eigenvalue weighted by Gasteiger charge is -2.32. The molecule has 1 heterocycles. The molecule has 0 N–H and O–H groups in total. The van der Waals surface area contributed by atoms with Crippen molar-refractivity contribution in [2.24, 2.45) is 0 Å². The van der Waals surface area contributed by atoms with Crippen molar-refractivity contribution in [3.8, 4) is 5.75 Å². The van der Waals surface area contributed by atoms with Gasteiger partial charge in [-0.2, -0.15) is 0 Å². The van der Waals surface area contributed by atoms with Crippen molar-refractivity contribution in [2.45, 2.75) is 38.1 Å². The summed E-state index contributed by atoms with van der Waals surface area (Å²) in [6.07, 6.45) is 8.01. The quantitative estimate of drug-likeness (QED) is 0.826. The van der Waals surface area contributed by atoms with Crippen molar-refractivity contribution >= 4 is 12.0 Å². The highest BCUT2D eigenvalue weighted by molar-refractivity contribution is 5.99. The Labute approximate surface area is 120 Å². The van der Waals surface area contributed by atoms with Gasteiger partial charge in [0.1, 0.15) is 12.4 Å². The molecule has 1 aliphatic carbocycles. The molecule has 0 atom stereocenters. The molecule has 0 bridgehead atoms. The van der Waals surface area contributed by atoms with Gasteiger partial charge in [0.05, 0.1) is 5.57 Å². The van der Waals surface area contributed by atoms with Crippen molar-refractivity contribution in [3.63, 3.8) is 0 Å². The summed E-state index contributed by atoms with van der Waals surface area (Å²) >= 11 is 0. The first-order valence-corrected chi connectivity index (χ1v) is 7.45. The summed E-state index contributed by atoms with van der Waals surface area (Å²) in [5, 5.41) is 0. The van der Waals surface area contributed by atoms with Crippen LogP contribution in [0.5, 0.6) is 5.75 Å². The van der Waals surface area contributed by atoms with Gasteiger partial charge in [-0.25, -0.2) is 0 Å². The predicted octanol–water partition coefficient (Wildman–Crippen LogP) is 3.25. The molecule has 20 heavy (non-hydrogen) atoms. The van der Waals surface area contributed by atoms with E-state index in [1.165, 1.54) is 19.3 Å². The third-order valence-electron chi connectivity index (χ3n) is 4.35. The Hall–Kier alpha value is -1.77. The first-order valence-electron chi connectivity index (χ1n) is 7.45. The molecule has 106 valence electrons. The number of hydrogen-bond acceptors (Lipinski definition) is 2. The van der Waals surface area contributed by atoms with Crippen LogP contribution in [0.15, 0.2) is 29.8 Å². The number of fused-ring (bicyclic) bond motifs is 1. The SMILES string of the molecule is CN(C(=O)C1=Cc2ccccc2OC1)C1CCCCC1. The number of carbonyl (C=O) groups is 1. The Morgan fingerprint density at radius 2 is 1.95 bits per heavy atom. The number of likely N-dealkylation sites (N-methyl/N-ethyl adjacent to an activating group) is 1. The zero-order valence-electron chi connectivity index (χ0n) is 12.0. The smallest absolute Gasteiger partial charge is 0.253 e. The van der Waals surface area contributed by atoms with Crippen molar-refractivity contribution in [2.75, 3.05) is 13.7 Å². The standard InChI is InChI=1S/C17H21NO2/c1-18(15-8-3-2-4-9-15)17(19)14-11-13-7-5-6-10-16(13)20-12-14/h5-7,10-11,15H,2-4,8-9,12H2,1H3. The van der Waals surface area contributed by atoms with E-state index in [4.69, 9.17) is 4.74 Å². The summed E-state index contributed by atoms with van der Waals surface area (Å²) in [4.78, 5) is 14.5. The lowest BCUT2D eigenvalue weighted by molar-refractivity contribution is -0.128. The zero-order chi connectivity index (χ0) is 13.9. The zero-order valence-corrected chi connectivity index (χ0v) is 12.0.